The van der Waals surface area contributed by atoms with E-state index in [9.17, 15) is 13.2 Å². The van der Waals surface area contributed by atoms with Gasteiger partial charge >= 0.3 is 0 Å². The van der Waals surface area contributed by atoms with Crippen molar-refractivity contribution < 1.29 is 13.2 Å². The van der Waals surface area contributed by atoms with Gasteiger partial charge in [0.25, 0.3) is 0 Å². The first-order chi connectivity index (χ1) is 11.4. The highest BCUT2D eigenvalue weighted by Gasteiger charge is 2.19. The first kappa shape index (κ1) is 16.9. The molecule has 1 N–H and O–H groups in total. The molecule has 1 heterocycles. The van der Waals surface area contributed by atoms with Gasteiger partial charge in [0, 0.05) is 11.6 Å². The van der Waals surface area contributed by atoms with Crippen LogP contribution < -0.4 is 5.43 Å². The molecule has 2 aromatic carbocycles. The molecule has 0 unspecified atom stereocenters. The molecule has 0 aliphatic rings. The second kappa shape index (κ2) is 6.49. The summed E-state index contributed by atoms with van der Waals surface area (Å²) in [6.45, 7) is 1.69. The summed E-state index contributed by atoms with van der Waals surface area (Å²) in [5, 5.41) is 0.152. The molecule has 0 fully saturated rings. The number of rotatable bonds is 3. The molecule has 3 rings (SSSR count). The summed E-state index contributed by atoms with van der Waals surface area (Å²) < 4.78 is 42.3. The van der Waals surface area contributed by atoms with Crippen LogP contribution in [0.2, 0.25) is 5.02 Å². The van der Waals surface area contributed by atoms with E-state index in [4.69, 9.17) is 11.6 Å². The van der Waals surface area contributed by atoms with Crippen LogP contribution in [0.1, 0.15) is 5.69 Å². The highest BCUT2D eigenvalue weighted by Crippen LogP contribution is 2.31. The highest BCUT2D eigenvalue weighted by molar-refractivity contribution is 9.10. The molecule has 3 aromatic rings. The van der Waals surface area contributed by atoms with E-state index in [2.05, 4.69) is 26.3 Å². The van der Waals surface area contributed by atoms with Gasteiger partial charge in [0.2, 0.25) is 0 Å². The summed E-state index contributed by atoms with van der Waals surface area (Å²) in [5.74, 6) is -1.87. The van der Waals surface area contributed by atoms with Crippen LogP contribution in [0.15, 0.2) is 41.1 Å². The molecule has 124 valence electrons. The van der Waals surface area contributed by atoms with Crippen LogP contribution in [0.4, 0.5) is 18.9 Å². The van der Waals surface area contributed by atoms with Gasteiger partial charge in [0.15, 0.2) is 4.73 Å². The van der Waals surface area contributed by atoms with Gasteiger partial charge in [0.05, 0.1) is 22.1 Å². The van der Waals surface area contributed by atoms with Gasteiger partial charge in [0.1, 0.15) is 17.5 Å². The zero-order chi connectivity index (χ0) is 17.4. The molecule has 0 bridgehead atoms. The Morgan fingerprint density at radius 1 is 1.08 bits per heavy atom. The van der Waals surface area contributed by atoms with Crippen molar-refractivity contribution in [2.45, 2.75) is 6.92 Å². The normalized spacial score (nSPS) is 10.9. The number of benzene rings is 2. The Morgan fingerprint density at radius 2 is 1.75 bits per heavy atom. The number of halogens is 5. The summed E-state index contributed by atoms with van der Waals surface area (Å²) in [5.41, 5.74) is 4.41. The molecule has 0 amide bonds. The van der Waals surface area contributed by atoms with Crippen molar-refractivity contribution in [2.24, 2.45) is 0 Å². The van der Waals surface area contributed by atoms with Gasteiger partial charge in [-0.3, -0.25) is 5.43 Å². The third-order valence-corrected chi connectivity index (χ3v) is 4.21. The van der Waals surface area contributed by atoms with Gasteiger partial charge in [-0.15, -0.1) is 0 Å². The molecule has 0 aliphatic carbocycles. The van der Waals surface area contributed by atoms with Crippen molar-refractivity contribution in [3.63, 3.8) is 0 Å². The van der Waals surface area contributed by atoms with Crippen molar-refractivity contribution in [1.82, 2.24) is 9.66 Å². The maximum atomic E-state index is 14.2. The number of hydrogen-bond donors (Lipinski definition) is 1. The quantitative estimate of drug-likeness (QED) is 0.605. The number of anilines is 1. The molecule has 0 radical (unpaired) electrons. The SMILES string of the molecule is Cc1nc(Br)n(Nc2ccc(F)cc2Cl)c1-c1ccc(F)cc1F. The Bertz CT molecular complexity index is 927. The molecule has 0 saturated carbocycles. The Labute approximate surface area is 149 Å². The van der Waals surface area contributed by atoms with Crippen LogP contribution in [0.3, 0.4) is 0 Å². The summed E-state index contributed by atoms with van der Waals surface area (Å²) in [4.78, 5) is 4.23. The lowest BCUT2D eigenvalue weighted by atomic mass is 10.1. The number of aryl methyl sites for hydroxylation is 1. The van der Waals surface area contributed by atoms with Crippen LogP contribution in [0.25, 0.3) is 11.3 Å². The van der Waals surface area contributed by atoms with Gasteiger partial charge in [-0.25, -0.2) is 22.8 Å². The van der Waals surface area contributed by atoms with Crippen molar-refractivity contribution in [3.8, 4) is 11.3 Å². The van der Waals surface area contributed by atoms with E-state index in [1.807, 2.05) is 0 Å². The van der Waals surface area contributed by atoms with Crippen molar-refractivity contribution in [1.29, 1.82) is 0 Å². The topological polar surface area (TPSA) is 29.9 Å². The standard InChI is InChI=1S/C16H10BrClF3N3/c1-8-15(11-4-2-10(20)7-13(11)21)24(16(17)22-8)23-14-5-3-9(19)6-12(14)18/h2-7,23H,1H3. The lowest BCUT2D eigenvalue weighted by Gasteiger charge is -2.15. The average molecular weight is 417 g/mol. The number of hydrogen-bond acceptors (Lipinski definition) is 2. The zero-order valence-electron chi connectivity index (χ0n) is 12.2. The van der Waals surface area contributed by atoms with E-state index >= 15 is 0 Å². The van der Waals surface area contributed by atoms with Crippen LogP contribution in [-0.2, 0) is 0 Å². The molecule has 0 atom stereocenters. The molecule has 3 nitrogen and oxygen atoms in total. The van der Waals surface area contributed by atoms with E-state index in [1.54, 1.807) is 6.92 Å². The molecule has 1 aromatic heterocycles. The largest absolute Gasteiger partial charge is 0.290 e. The summed E-state index contributed by atoms with van der Waals surface area (Å²) in [6.07, 6.45) is 0. The van der Waals surface area contributed by atoms with Gasteiger partial charge in [-0.05, 0) is 53.2 Å². The van der Waals surface area contributed by atoms with Crippen LogP contribution in [0.5, 0.6) is 0 Å². The summed E-state index contributed by atoms with van der Waals surface area (Å²) in [7, 11) is 0. The van der Waals surface area contributed by atoms with Gasteiger partial charge in [-0.1, -0.05) is 11.6 Å². The van der Waals surface area contributed by atoms with E-state index in [0.717, 1.165) is 18.2 Å². The van der Waals surface area contributed by atoms with Crippen molar-refractivity contribution >= 4 is 33.2 Å². The second-order valence-electron chi connectivity index (χ2n) is 5.01. The number of nitrogens with zero attached hydrogens (tertiary/aromatic N) is 2. The first-order valence-electron chi connectivity index (χ1n) is 6.79. The fourth-order valence-electron chi connectivity index (χ4n) is 2.29. The van der Waals surface area contributed by atoms with E-state index in [0.29, 0.717) is 21.8 Å². The Morgan fingerprint density at radius 3 is 2.42 bits per heavy atom. The van der Waals surface area contributed by atoms with Crippen molar-refractivity contribution in [2.75, 3.05) is 5.43 Å². The number of nitrogens with one attached hydrogen (secondary N) is 1. The minimum atomic E-state index is -0.723. The molecular formula is C16H10BrClF3N3. The predicted octanol–water partition coefficient (Wildman–Crippen LogP) is 5.57. The Hall–Kier alpha value is -1.99. The first-order valence-corrected chi connectivity index (χ1v) is 7.96. The Balaban J connectivity index is 2.12. The molecule has 0 spiro atoms. The van der Waals surface area contributed by atoms with E-state index < -0.39 is 17.5 Å². The monoisotopic (exact) mass is 415 g/mol. The maximum absolute atomic E-state index is 14.2. The number of aromatic nitrogens is 2. The lowest BCUT2D eigenvalue weighted by Crippen LogP contribution is -2.12. The fourth-order valence-corrected chi connectivity index (χ4v) is 3.04. The molecular weight excluding hydrogens is 407 g/mol. The second-order valence-corrected chi connectivity index (χ2v) is 6.13. The number of imidazole rings is 1. The minimum absolute atomic E-state index is 0.152. The Kier molecular flexibility index (Phi) is 4.56. The third-order valence-electron chi connectivity index (χ3n) is 3.36. The van der Waals surface area contributed by atoms with Gasteiger partial charge in [-0.2, -0.15) is 0 Å². The molecule has 24 heavy (non-hydrogen) atoms. The smallest absolute Gasteiger partial charge is 0.196 e. The van der Waals surface area contributed by atoms with Gasteiger partial charge < -0.3 is 0 Å². The van der Waals surface area contributed by atoms with E-state index in [-0.39, 0.29) is 10.6 Å². The zero-order valence-corrected chi connectivity index (χ0v) is 14.6. The molecule has 0 aliphatic heterocycles. The fraction of sp³-hybridized carbons (Fsp3) is 0.0625. The van der Waals surface area contributed by atoms with Crippen LogP contribution in [-0.4, -0.2) is 9.66 Å². The lowest BCUT2D eigenvalue weighted by molar-refractivity contribution is 0.584. The van der Waals surface area contributed by atoms with E-state index in [1.165, 1.54) is 22.9 Å². The van der Waals surface area contributed by atoms with Crippen molar-refractivity contribution in [3.05, 3.63) is 69.3 Å². The maximum Gasteiger partial charge on any atom is 0.196 e. The average Bonchev–Trinajstić information content (AvgIpc) is 2.76. The summed E-state index contributed by atoms with van der Waals surface area (Å²) in [6, 6.07) is 7.12. The highest BCUT2D eigenvalue weighted by atomic mass is 79.9. The third kappa shape index (κ3) is 3.14. The predicted molar refractivity (Wildman–Crippen MR) is 90.4 cm³/mol. The van der Waals surface area contributed by atoms with Crippen LogP contribution in [0, 0.1) is 24.4 Å². The summed E-state index contributed by atoms with van der Waals surface area (Å²) >= 11 is 9.29. The molecule has 8 heteroatoms. The molecule has 0 saturated heterocycles. The van der Waals surface area contributed by atoms with Crippen LogP contribution >= 0.6 is 27.5 Å². The minimum Gasteiger partial charge on any atom is -0.290 e.